The maximum atomic E-state index is 13.5. The Morgan fingerprint density at radius 2 is 2.24 bits per heavy atom. The van der Waals surface area contributed by atoms with Crippen molar-refractivity contribution in [3.8, 4) is 0 Å². The van der Waals surface area contributed by atoms with E-state index >= 15 is 0 Å². The second kappa shape index (κ2) is 8.34. The van der Waals surface area contributed by atoms with E-state index in [1.54, 1.807) is 6.20 Å². The summed E-state index contributed by atoms with van der Waals surface area (Å²) >= 11 is 1.38. The smallest absolute Gasteiger partial charge is 0.271 e. The maximum absolute atomic E-state index is 13.5. The Labute approximate surface area is 171 Å². The van der Waals surface area contributed by atoms with Crippen LogP contribution in [0.4, 0.5) is 10.3 Å². The number of aryl methyl sites for hydroxylation is 1. The van der Waals surface area contributed by atoms with Gasteiger partial charge in [0.15, 0.2) is 11.3 Å². The Bertz CT molecular complexity index is 1040. The molecular weight excluding hydrogens is 395 g/mol. The lowest BCUT2D eigenvalue weighted by atomic mass is 10.1. The lowest BCUT2D eigenvalue weighted by Crippen LogP contribution is -2.30. The number of fused-ring (bicyclic) bond motifs is 1. The molecule has 0 spiro atoms. The molecule has 10 heteroatoms. The van der Waals surface area contributed by atoms with Gasteiger partial charge < -0.3 is 15.4 Å². The lowest BCUT2D eigenvalue weighted by Gasteiger charge is -2.15. The highest BCUT2D eigenvalue weighted by atomic mass is 32.1. The second-order valence-corrected chi connectivity index (χ2v) is 8.23. The van der Waals surface area contributed by atoms with Gasteiger partial charge in [-0.3, -0.25) is 9.78 Å². The first kappa shape index (κ1) is 19.6. The summed E-state index contributed by atoms with van der Waals surface area (Å²) in [6, 6.07) is 1.09. The number of carbonyl (C=O) groups excluding carboxylic acids is 1. The van der Waals surface area contributed by atoms with Gasteiger partial charge in [0.2, 0.25) is 5.95 Å². The Morgan fingerprint density at radius 3 is 3.00 bits per heavy atom. The third-order valence-electron chi connectivity index (χ3n) is 4.72. The fourth-order valence-electron chi connectivity index (χ4n) is 3.15. The highest BCUT2D eigenvalue weighted by Crippen LogP contribution is 2.26. The van der Waals surface area contributed by atoms with Crippen LogP contribution in [0.25, 0.3) is 10.3 Å². The van der Waals surface area contributed by atoms with E-state index in [0.717, 1.165) is 24.2 Å². The predicted octanol–water partition coefficient (Wildman–Crippen LogP) is 2.87. The average molecular weight is 416 g/mol. The van der Waals surface area contributed by atoms with Crippen molar-refractivity contribution in [2.24, 2.45) is 5.92 Å². The number of nitrogens with one attached hydrogen (secondary N) is 2. The summed E-state index contributed by atoms with van der Waals surface area (Å²) in [5, 5.41) is 6.86. The van der Waals surface area contributed by atoms with E-state index in [-0.39, 0.29) is 23.6 Å². The number of anilines is 1. The third kappa shape index (κ3) is 4.48. The molecule has 0 bridgehead atoms. The summed E-state index contributed by atoms with van der Waals surface area (Å²) < 4.78 is 19.5. The first-order valence-corrected chi connectivity index (χ1v) is 10.2. The fraction of sp³-hybridized carbons (Fsp3) is 0.421. The lowest BCUT2D eigenvalue weighted by molar-refractivity contribution is 0.0942. The SMILES string of the molecule is Cc1nc2nc(N[C@@H](C)c3cncc(F)c3)nc(C(=O)NC[C@@H]3CCOC3)c2s1. The summed E-state index contributed by atoms with van der Waals surface area (Å²) in [6.07, 6.45) is 3.66. The first-order valence-electron chi connectivity index (χ1n) is 9.37. The zero-order valence-corrected chi connectivity index (χ0v) is 16.9. The number of nitrogens with zero attached hydrogens (tertiary/aromatic N) is 4. The van der Waals surface area contributed by atoms with Crippen LogP contribution in [0.1, 0.15) is 40.4 Å². The van der Waals surface area contributed by atoms with Crippen molar-refractivity contribution in [2.45, 2.75) is 26.3 Å². The number of halogens is 1. The molecule has 1 aliphatic heterocycles. The van der Waals surface area contributed by atoms with Crippen LogP contribution in [-0.4, -0.2) is 45.6 Å². The van der Waals surface area contributed by atoms with Crippen molar-refractivity contribution < 1.29 is 13.9 Å². The molecule has 0 unspecified atom stereocenters. The molecule has 2 N–H and O–H groups in total. The number of hydrogen-bond donors (Lipinski definition) is 2. The van der Waals surface area contributed by atoms with E-state index in [1.807, 2.05) is 13.8 Å². The summed E-state index contributed by atoms with van der Waals surface area (Å²) in [4.78, 5) is 30.0. The molecule has 3 aromatic heterocycles. The Kier molecular flexibility index (Phi) is 5.63. The zero-order chi connectivity index (χ0) is 20.4. The van der Waals surface area contributed by atoms with E-state index in [9.17, 15) is 9.18 Å². The van der Waals surface area contributed by atoms with Gasteiger partial charge >= 0.3 is 0 Å². The van der Waals surface area contributed by atoms with Crippen molar-refractivity contribution in [3.05, 3.63) is 40.5 Å². The van der Waals surface area contributed by atoms with Gasteiger partial charge in [0.1, 0.15) is 10.5 Å². The molecular formula is C19H21FN6O2S. The largest absolute Gasteiger partial charge is 0.381 e. The van der Waals surface area contributed by atoms with Gasteiger partial charge in [0.25, 0.3) is 5.91 Å². The Morgan fingerprint density at radius 1 is 1.38 bits per heavy atom. The van der Waals surface area contributed by atoms with Gasteiger partial charge in [-0.25, -0.2) is 14.4 Å². The monoisotopic (exact) mass is 416 g/mol. The van der Waals surface area contributed by atoms with Crippen molar-refractivity contribution in [3.63, 3.8) is 0 Å². The van der Waals surface area contributed by atoms with Crippen LogP contribution >= 0.6 is 11.3 Å². The molecule has 2 atom stereocenters. The first-order chi connectivity index (χ1) is 14.0. The van der Waals surface area contributed by atoms with E-state index in [4.69, 9.17) is 4.74 Å². The summed E-state index contributed by atoms with van der Waals surface area (Å²) in [6.45, 7) is 5.63. The van der Waals surface area contributed by atoms with Crippen LogP contribution in [0.5, 0.6) is 0 Å². The van der Waals surface area contributed by atoms with E-state index in [1.165, 1.54) is 17.4 Å². The molecule has 4 rings (SSSR count). The van der Waals surface area contributed by atoms with Crippen molar-refractivity contribution in [2.75, 3.05) is 25.1 Å². The third-order valence-corrected chi connectivity index (χ3v) is 5.69. The molecule has 29 heavy (non-hydrogen) atoms. The predicted molar refractivity (Wildman–Crippen MR) is 107 cm³/mol. The number of aromatic nitrogens is 4. The van der Waals surface area contributed by atoms with Crippen LogP contribution in [0.15, 0.2) is 18.5 Å². The average Bonchev–Trinajstić information content (AvgIpc) is 3.34. The van der Waals surface area contributed by atoms with Gasteiger partial charge in [-0.1, -0.05) is 0 Å². The minimum atomic E-state index is -0.418. The summed E-state index contributed by atoms with van der Waals surface area (Å²) in [7, 11) is 0. The highest BCUT2D eigenvalue weighted by molar-refractivity contribution is 7.18. The molecule has 1 aliphatic rings. The van der Waals surface area contributed by atoms with Gasteiger partial charge in [0.05, 0.1) is 23.9 Å². The normalized spacial score (nSPS) is 17.4. The molecule has 4 heterocycles. The number of rotatable bonds is 6. The molecule has 1 saturated heterocycles. The summed E-state index contributed by atoms with van der Waals surface area (Å²) in [5.74, 6) is -0.110. The molecule has 1 fully saturated rings. The van der Waals surface area contributed by atoms with Crippen LogP contribution in [0.3, 0.4) is 0 Å². The molecule has 8 nitrogen and oxygen atoms in total. The second-order valence-electron chi connectivity index (χ2n) is 7.02. The molecule has 0 radical (unpaired) electrons. The number of pyridine rings is 1. The van der Waals surface area contributed by atoms with Gasteiger partial charge in [-0.15, -0.1) is 11.3 Å². The topological polar surface area (TPSA) is 102 Å². The van der Waals surface area contributed by atoms with Crippen LogP contribution in [0, 0.1) is 18.7 Å². The van der Waals surface area contributed by atoms with Crippen LogP contribution in [0.2, 0.25) is 0 Å². The molecule has 0 aliphatic carbocycles. The quantitative estimate of drug-likeness (QED) is 0.637. The maximum Gasteiger partial charge on any atom is 0.271 e. The van der Waals surface area contributed by atoms with Crippen molar-refractivity contribution >= 4 is 33.5 Å². The minimum absolute atomic E-state index is 0.258. The molecule has 0 saturated carbocycles. The minimum Gasteiger partial charge on any atom is -0.381 e. The van der Waals surface area contributed by atoms with Gasteiger partial charge in [-0.2, -0.15) is 4.98 Å². The van der Waals surface area contributed by atoms with Crippen LogP contribution < -0.4 is 10.6 Å². The van der Waals surface area contributed by atoms with E-state index in [0.29, 0.717) is 35.0 Å². The molecule has 1 amide bonds. The Balaban J connectivity index is 1.58. The number of ether oxygens (including phenoxy) is 1. The number of carbonyl (C=O) groups is 1. The van der Waals surface area contributed by atoms with E-state index < -0.39 is 5.82 Å². The van der Waals surface area contributed by atoms with Crippen molar-refractivity contribution in [1.82, 2.24) is 25.3 Å². The van der Waals surface area contributed by atoms with Crippen molar-refractivity contribution in [1.29, 1.82) is 0 Å². The summed E-state index contributed by atoms with van der Waals surface area (Å²) in [5.41, 5.74) is 1.39. The van der Waals surface area contributed by atoms with Crippen LogP contribution in [-0.2, 0) is 4.74 Å². The Hall–Kier alpha value is -2.72. The van der Waals surface area contributed by atoms with Gasteiger partial charge in [-0.05, 0) is 31.9 Å². The zero-order valence-electron chi connectivity index (χ0n) is 16.1. The standard InChI is InChI=1S/C19H21FN6O2S/c1-10(13-5-14(20)8-21-7-13)23-19-25-15(16-17(26-19)24-11(2)29-16)18(27)22-6-12-3-4-28-9-12/h5,7-8,10,12H,3-4,6,9H2,1-2H3,(H,22,27)(H,23,25,26)/t10-,12-/m0/s1. The molecule has 3 aromatic rings. The highest BCUT2D eigenvalue weighted by Gasteiger charge is 2.22. The molecule has 0 aromatic carbocycles. The number of thiazole rings is 1. The van der Waals surface area contributed by atoms with Gasteiger partial charge in [0, 0.05) is 25.3 Å². The molecule has 152 valence electrons. The number of amides is 1. The fourth-order valence-corrected chi connectivity index (χ4v) is 4.00. The van der Waals surface area contributed by atoms with E-state index in [2.05, 4.69) is 30.6 Å². The number of hydrogen-bond acceptors (Lipinski definition) is 8.